The number of anilines is 1. The number of hydrogen-bond donors (Lipinski definition) is 2. The van der Waals surface area contributed by atoms with Gasteiger partial charge < -0.3 is 20.5 Å². The lowest BCUT2D eigenvalue weighted by atomic mass is 9.89. The summed E-state index contributed by atoms with van der Waals surface area (Å²) in [6.45, 7) is 0.371. The zero-order valence-corrected chi connectivity index (χ0v) is 11.1. The minimum absolute atomic E-state index is 0.0231. The maximum Gasteiger partial charge on any atom is 0.223 e. The molecule has 1 aromatic rings. The van der Waals surface area contributed by atoms with Crippen LogP contribution >= 0.6 is 0 Å². The number of nitrogens with two attached hydrogens (primary N) is 1. The molecule has 5 heteroatoms. The van der Waals surface area contributed by atoms with Crippen LogP contribution in [0.5, 0.6) is 5.75 Å². The quantitative estimate of drug-likeness (QED) is 0.760. The highest BCUT2D eigenvalue weighted by Gasteiger charge is 2.29. The smallest absolute Gasteiger partial charge is 0.223 e. The first-order chi connectivity index (χ1) is 9.17. The number of methoxy groups -OCH3 is 1. The molecule has 1 fully saturated rings. The van der Waals surface area contributed by atoms with Crippen molar-refractivity contribution >= 4 is 11.6 Å². The molecule has 104 valence electrons. The molecule has 1 aliphatic carbocycles. The van der Waals surface area contributed by atoms with Crippen molar-refractivity contribution in [3.63, 3.8) is 0 Å². The van der Waals surface area contributed by atoms with E-state index in [9.17, 15) is 4.79 Å². The molecule has 0 saturated heterocycles. The molecule has 0 heterocycles. The highest BCUT2D eigenvalue weighted by atomic mass is 16.5. The molecule has 19 heavy (non-hydrogen) atoms. The molecule has 0 unspecified atom stereocenters. The van der Waals surface area contributed by atoms with Gasteiger partial charge in [0.1, 0.15) is 5.75 Å². The molecule has 2 rings (SSSR count). The van der Waals surface area contributed by atoms with Crippen molar-refractivity contribution in [3.8, 4) is 5.75 Å². The lowest BCUT2D eigenvalue weighted by Gasteiger charge is -2.34. The highest BCUT2D eigenvalue weighted by molar-refractivity contribution is 5.76. The third kappa shape index (κ3) is 4.13. The topological polar surface area (TPSA) is 73.6 Å². The molecule has 5 nitrogen and oxygen atoms in total. The normalized spacial score (nSPS) is 21.5. The fraction of sp³-hybridized carbons (Fsp3) is 0.500. The van der Waals surface area contributed by atoms with Crippen molar-refractivity contribution in [3.05, 3.63) is 24.3 Å². The van der Waals surface area contributed by atoms with Crippen LogP contribution in [0.15, 0.2) is 24.3 Å². The SMILES string of the molecule is COC1CC(NC(=O)CCOc2ccc(N)cc2)C1. The lowest BCUT2D eigenvalue weighted by Crippen LogP contribution is -2.47. The number of benzene rings is 1. The summed E-state index contributed by atoms with van der Waals surface area (Å²) in [6, 6.07) is 7.39. The van der Waals surface area contributed by atoms with Crippen LogP contribution in [0.1, 0.15) is 19.3 Å². The molecule has 1 aliphatic rings. The van der Waals surface area contributed by atoms with Crippen LogP contribution in [0.4, 0.5) is 5.69 Å². The van der Waals surface area contributed by atoms with Crippen LogP contribution in [-0.4, -0.2) is 31.8 Å². The second-order valence-electron chi connectivity index (χ2n) is 4.76. The van der Waals surface area contributed by atoms with Crippen LogP contribution in [-0.2, 0) is 9.53 Å². The summed E-state index contributed by atoms with van der Waals surface area (Å²) in [6.07, 6.45) is 2.47. The number of nitrogens with one attached hydrogen (secondary N) is 1. The molecule has 1 amide bonds. The second kappa shape index (κ2) is 6.43. The summed E-state index contributed by atoms with van der Waals surface area (Å²) in [5.41, 5.74) is 6.27. The van der Waals surface area contributed by atoms with E-state index in [2.05, 4.69) is 5.32 Å². The Kier molecular flexibility index (Phi) is 4.63. The van der Waals surface area contributed by atoms with Gasteiger partial charge in [0.15, 0.2) is 0 Å². The van der Waals surface area contributed by atoms with Gasteiger partial charge in [-0.1, -0.05) is 0 Å². The Hall–Kier alpha value is -1.75. The first kappa shape index (κ1) is 13.7. The van der Waals surface area contributed by atoms with Crippen molar-refractivity contribution in [2.24, 2.45) is 0 Å². The van der Waals surface area contributed by atoms with E-state index in [0.29, 0.717) is 24.8 Å². The molecule has 0 aliphatic heterocycles. The molecule has 1 saturated carbocycles. The Balaban J connectivity index is 1.60. The minimum Gasteiger partial charge on any atom is -0.493 e. The van der Waals surface area contributed by atoms with E-state index in [4.69, 9.17) is 15.2 Å². The first-order valence-electron chi connectivity index (χ1n) is 6.48. The summed E-state index contributed by atoms with van der Waals surface area (Å²) < 4.78 is 10.6. The van der Waals surface area contributed by atoms with Crippen LogP contribution in [0.2, 0.25) is 0 Å². The fourth-order valence-corrected chi connectivity index (χ4v) is 2.00. The van der Waals surface area contributed by atoms with E-state index in [0.717, 1.165) is 18.6 Å². The molecule has 3 N–H and O–H groups in total. The van der Waals surface area contributed by atoms with Crippen LogP contribution in [0, 0.1) is 0 Å². The van der Waals surface area contributed by atoms with Gasteiger partial charge in [-0.2, -0.15) is 0 Å². The second-order valence-corrected chi connectivity index (χ2v) is 4.76. The Labute approximate surface area is 113 Å². The largest absolute Gasteiger partial charge is 0.493 e. The van der Waals surface area contributed by atoms with E-state index < -0.39 is 0 Å². The Morgan fingerprint density at radius 3 is 2.68 bits per heavy atom. The number of hydrogen-bond acceptors (Lipinski definition) is 4. The van der Waals surface area contributed by atoms with Gasteiger partial charge in [0.05, 0.1) is 19.1 Å². The highest BCUT2D eigenvalue weighted by Crippen LogP contribution is 2.22. The number of carbonyl (C=O) groups is 1. The first-order valence-corrected chi connectivity index (χ1v) is 6.48. The summed E-state index contributed by atoms with van der Waals surface area (Å²) in [5, 5.41) is 2.96. The summed E-state index contributed by atoms with van der Waals surface area (Å²) in [4.78, 5) is 11.6. The minimum atomic E-state index is 0.0231. The molecular weight excluding hydrogens is 244 g/mol. The van der Waals surface area contributed by atoms with Crippen LogP contribution in [0.25, 0.3) is 0 Å². The molecule has 0 aromatic heterocycles. The van der Waals surface area contributed by atoms with E-state index in [1.807, 2.05) is 0 Å². The zero-order valence-electron chi connectivity index (χ0n) is 11.1. The third-order valence-corrected chi connectivity index (χ3v) is 3.27. The molecule has 0 atom stereocenters. The Morgan fingerprint density at radius 2 is 2.05 bits per heavy atom. The van der Waals surface area contributed by atoms with Gasteiger partial charge in [-0.05, 0) is 37.1 Å². The predicted octanol–water partition coefficient (Wildman–Crippen LogP) is 1.33. The summed E-state index contributed by atoms with van der Waals surface area (Å²) in [5.74, 6) is 0.750. The number of nitrogen functional groups attached to an aromatic ring is 1. The van der Waals surface area contributed by atoms with E-state index in [-0.39, 0.29) is 11.9 Å². The molecule has 0 bridgehead atoms. The van der Waals surface area contributed by atoms with Crippen molar-refractivity contribution in [2.45, 2.75) is 31.4 Å². The van der Waals surface area contributed by atoms with Gasteiger partial charge >= 0.3 is 0 Å². The van der Waals surface area contributed by atoms with Gasteiger partial charge in [0.2, 0.25) is 5.91 Å². The molecule has 1 aromatic carbocycles. The van der Waals surface area contributed by atoms with Crippen molar-refractivity contribution < 1.29 is 14.3 Å². The van der Waals surface area contributed by atoms with Crippen LogP contribution < -0.4 is 15.8 Å². The van der Waals surface area contributed by atoms with Crippen molar-refractivity contribution in [2.75, 3.05) is 19.5 Å². The average molecular weight is 264 g/mol. The molecule has 0 spiro atoms. The number of ether oxygens (including phenoxy) is 2. The van der Waals surface area contributed by atoms with E-state index in [1.165, 1.54) is 0 Å². The molecular formula is C14H20N2O3. The average Bonchev–Trinajstić information content (AvgIpc) is 2.35. The Bertz CT molecular complexity index is 413. The van der Waals surface area contributed by atoms with Gasteiger partial charge in [-0.15, -0.1) is 0 Å². The number of carbonyl (C=O) groups excluding carboxylic acids is 1. The van der Waals surface area contributed by atoms with E-state index in [1.54, 1.807) is 31.4 Å². The fourth-order valence-electron chi connectivity index (χ4n) is 2.00. The van der Waals surface area contributed by atoms with Gasteiger partial charge in [0, 0.05) is 18.8 Å². The van der Waals surface area contributed by atoms with Gasteiger partial charge in [-0.25, -0.2) is 0 Å². The molecule has 0 radical (unpaired) electrons. The summed E-state index contributed by atoms with van der Waals surface area (Å²) in [7, 11) is 1.70. The summed E-state index contributed by atoms with van der Waals surface area (Å²) >= 11 is 0. The van der Waals surface area contributed by atoms with Crippen molar-refractivity contribution in [1.29, 1.82) is 0 Å². The van der Waals surface area contributed by atoms with Crippen molar-refractivity contribution in [1.82, 2.24) is 5.32 Å². The van der Waals surface area contributed by atoms with Gasteiger partial charge in [-0.3, -0.25) is 4.79 Å². The van der Waals surface area contributed by atoms with Crippen LogP contribution in [0.3, 0.4) is 0 Å². The standard InChI is InChI=1S/C14H20N2O3/c1-18-13-8-11(9-13)16-14(17)6-7-19-12-4-2-10(15)3-5-12/h2-5,11,13H,6-9,15H2,1H3,(H,16,17). The monoisotopic (exact) mass is 264 g/mol. The van der Waals surface area contributed by atoms with Gasteiger partial charge in [0.25, 0.3) is 0 Å². The van der Waals surface area contributed by atoms with E-state index >= 15 is 0 Å². The third-order valence-electron chi connectivity index (χ3n) is 3.27. The number of rotatable bonds is 6. The maximum atomic E-state index is 11.6. The Morgan fingerprint density at radius 1 is 1.37 bits per heavy atom. The number of amides is 1. The predicted molar refractivity (Wildman–Crippen MR) is 72.9 cm³/mol. The zero-order chi connectivity index (χ0) is 13.7. The lowest BCUT2D eigenvalue weighted by molar-refractivity contribution is -0.123. The maximum absolute atomic E-state index is 11.6.